The van der Waals surface area contributed by atoms with Gasteiger partial charge in [0.05, 0.1) is 0 Å². The van der Waals surface area contributed by atoms with Gasteiger partial charge in [0, 0.05) is 6.42 Å². The number of carbonyl (C=O) groups is 1. The van der Waals surface area contributed by atoms with E-state index in [0.29, 0.717) is 6.42 Å². The van der Waals surface area contributed by atoms with Crippen molar-refractivity contribution in [3.63, 3.8) is 0 Å². The second-order valence-corrected chi connectivity index (χ2v) is 5.84. The van der Waals surface area contributed by atoms with Gasteiger partial charge in [0.15, 0.2) is 0 Å². The minimum absolute atomic E-state index is 0.0710. The number of phosphoric acid groups is 1. The number of rotatable bonds is 12. The molecule has 114 valence electrons. The van der Waals surface area contributed by atoms with Gasteiger partial charge in [0.1, 0.15) is 0 Å². The quantitative estimate of drug-likeness (QED) is 0.377. The summed E-state index contributed by atoms with van der Waals surface area (Å²) < 4.78 is 14.3. The summed E-state index contributed by atoms with van der Waals surface area (Å²) in [6, 6.07) is 0. The van der Waals surface area contributed by atoms with Crippen LogP contribution in [0.3, 0.4) is 0 Å². The number of hydrogen-bond acceptors (Lipinski definition) is 4. The van der Waals surface area contributed by atoms with Crippen LogP contribution in [0.2, 0.25) is 0 Å². The zero-order valence-corrected chi connectivity index (χ0v) is 12.3. The molecule has 0 saturated heterocycles. The van der Waals surface area contributed by atoms with Crippen molar-refractivity contribution < 1.29 is 23.7 Å². The summed E-state index contributed by atoms with van der Waals surface area (Å²) in [6.45, 7) is 0.769. The van der Waals surface area contributed by atoms with Gasteiger partial charge in [-0.15, -0.1) is 0 Å². The van der Waals surface area contributed by atoms with Gasteiger partial charge in [-0.25, -0.2) is 4.57 Å². The molecule has 0 saturated carbocycles. The fourth-order valence-corrected chi connectivity index (χ4v) is 2.19. The van der Waals surface area contributed by atoms with E-state index >= 15 is 0 Å². The Morgan fingerprint density at radius 3 is 1.74 bits per heavy atom. The van der Waals surface area contributed by atoms with Crippen molar-refractivity contribution in [2.45, 2.75) is 64.2 Å². The molecule has 7 heteroatoms. The number of nitrogens with two attached hydrogens (primary N) is 1. The van der Waals surface area contributed by atoms with Crippen LogP contribution >= 0.6 is 7.82 Å². The average molecular weight is 295 g/mol. The lowest BCUT2D eigenvalue weighted by molar-refractivity contribution is -0.135. The molecule has 0 spiro atoms. The highest BCUT2D eigenvalue weighted by atomic mass is 31.2. The maximum Gasteiger partial charge on any atom is 0.526 e. The molecule has 0 aliphatic rings. The van der Waals surface area contributed by atoms with Crippen molar-refractivity contribution in [1.82, 2.24) is 0 Å². The predicted molar refractivity (Wildman–Crippen MR) is 73.4 cm³/mol. The Morgan fingerprint density at radius 1 is 0.895 bits per heavy atom. The molecule has 4 N–H and O–H groups in total. The van der Waals surface area contributed by atoms with E-state index in [0.717, 1.165) is 32.2 Å². The Kier molecular flexibility index (Phi) is 11.2. The van der Waals surface area contributed by atoms with Crippen molar-refractivity contribution in [3.05, 3.63) is 0 Å². The largest absolute Gasteiger partial charge is 0.526 e. The highest BCUT2D eigenvalue weighted by molar-refractivity contribution is 7.46. The first kappa shape index (κ1) is 18.6. The van der Waals surface area contributed by atoms with Crippen LogP contribution in [0.1, 0.15) is 64.2 Å². The third kappa shape index (κ3) is 15.5. The SMILES string of the molecule is NCCCCCCCCCCCC(=O)OP(=O)(O)O. The van der Waals surface area contributed by atoms with E-state index in [2.05, 4.69) is 4.52 Å². The van der Waals surface area contributed by atoms with E-state index in [9.17, 15) is 9.36 Å². The van der Waals surface area contributed by atoms with Crippen molar-refractivity contribution in [2.24, 2.45) is 5.73 Å². The van der Waals surface area contributed by atoms with Crippen LogP contribution in [-0.4, -0.2) is 22.3 Å². The summed E-state index contributed by atoms with van der Waals surface area (Å²) in [5.74, 6) is -0.824. The summed E-state index contributed by atoms with van der Waals surface area (Å²) >= 11 is 0. The van der Waals surface area contributed by atoms with E-state index < -0.39 is 13.8 Å². The average Bonchev–Trinajstić information content (AvgIpc) is 2.29. The van der Waals surface area contributed by atoms with Crippen LogP contribution in [0.15, 0.2) is 0 Å². The predicted octanol–water partition coefficient (Wildman–Crippen LogP) is 2.48. The van der Waals surface area contributed by atoms with Gasteiger partial charge in [-0.2, -0.15) is 0 Å². The van der Waals surface area contributed by atoms with E-state index in [4.69, 9.17) is 15.5 Å². The van der Waals surface area contributed by atoms with Gasteiger partial charge >= 0.3 is 13.8 Å². The van der Waals surface area contributed by atoms with E-state index in [1.54, 1.807) is 0 Å². The van der Waals surface area contributed by atoms with Crippen LogP contribution in [0.5, 0.6) is 0 Å². The Bertz CT molecular complexity index is 279. The lowest BCUT2D eigenvalue weighted by Gasteiger charge is -2.05. The lowest BCUT2D eigenvalue weighted by Crippen LogP contribution is -2.01. The molecule has 0 aliphatic heterocycles. The highest BCUT2D eigenvalue weighted by Crippen LogP contribution is 2.36. The molecule has 0 unspecified atom stereocenters. The molecule has 0 aliphatic carbocycles. The summed E-state index contributed by atoms with van der Waals surface area (Å²) in [5.41, 5.74) is 5.40. The van der Waals surface area contributed by atoms with Crippen molar-refractivity contribution in [2.75, 3.05) is 6.54 Å². The molecule has 0 atom stereocenters. The third-order valence-corrected chi connectivity index (χ3v) is 3.25. The van der Waals surface area contributed by atoms with Gasteiger partial charge in [-0.1, -0.05) is 44.9 Å². The first-order valence-electron chi connectivity index (χ1n) is 6.94. The summed E-state index contributed by atoms with van der Waals surface area (Å²) in [4.78, 5) is 27.8. The van der Waals surface area contributed by atoms with Crippen LogP contribution in [-0.2, 0) is 13.9 Å². The molecular weight excluding hydrogens is 269 g/mol. The Morgan fingerprint density at radius 2 is 1.32 bits per heavy atom. The second-order valence-electron chi connectivity index (χ2n) is 4.67. The molecule has 0 heterocycles. The smallest absolute Gasteiger partial charge is 0.371 e. The summed E-state index contributed by atoms with van der Waals surface area (Å²) in [5, 5.41) is 0. The fourth-order valence-electron chi connectivity index (χ4n) is 1.83. The monoisotopic (exact) mass is 295 g/mol. The van der Waals surface area contributed by atoms with Crippen LogP contribution in [0.4, 0.5) is 0 Å². The maximum absolute atomic E-state index is 11.0. The third-order valence-electron chi connectivity index (χ3n) is 2.81. The molecule has 0 radical (unpaired) electrons. The van der Waals surface area contributed by atoms with Gasteiger partial charge < -0.3 is 10.3 Å². The summed E-state index contributed by atoms with van der Waals surface area (Å²) in [6.07, 6.45) is 9.69. The first-order valence-corrected chi connectivity index (χ1v) is 8.47. The van der Waals surface area contributed by atoms with Gasteiger partial charge in [-0.3, -0.25) is 14.6 Å². The van der Waals surface area contributed by atoms with Crippen molar-refractivity contribution in [1.29, 1.82) is 0 Å². The molecular formula is C12H26NO5P. The Hall–Kier alpha value is -0.420. The lowest BCUT2D eigenvalue weighted by atomic mass is 10.1. The number of carbonyl (C=O) groups excluding carboxylic acids is 1. The molecule has 0 aromatic rings. The zero-order chi connectivity index (χ0) is 14.6. The van der Waals surface area contributed by atoms with Crippen LogP contribution in [0, 0.1) is 0 Å². The van der Waals surface area contributed by atoms with Crippen molar-refractivity contribution >= 4 is 13.8 Å². The van der Waals surface area contributed by atoms with Crippen LogP contribution in [0.25, 0.3) is 0 Å². The Labute approximate surface area is 115 Å². The minimum atomic E-state index is -4.66. The van der Waals surface area contributed by atoms with E-state index in [1.807, 2.05) is 0 Å². The fraction of sp³-hybridized carbons (Fsp3) is 0.917. The molecule has 0 aromatic heterocycles. The van der Waals surface area contributed by atoms with E-state index in [-0.39, 0.29) is 6.42 Å². The highest BCUT2D eigenvalue weighted by Gasteiger charge is 2.19. The number of hydrogen-bond donors (Lipinski definition) is 3. The molecule has 0 fully saturated rings. The van der Waals surface area contributed by atoms with Gasteiger partial charge in [-0.05, 0) is 19.4 Å². The van der Waals surface area contributed by atoms with E-state index in [1.165, 1.54) is 25.7 Å². The molecule has 19 heavy (non-hydrogen) atoms. The molecule has 0 amide bonds. The maximum atomic E-state index is 11.0. The molecule has 0 aromatic carbocycles. The molecule has 0 bridgehead atoms. The van der Waals surface area contributed by atoms with Crippen molar-refractivity contribution in [3.8, 4) is 0 Å². The zero-order valence-electron chi connectivity index (χ0n) is 11.4. The first-order chi connectivity index (χ1) is 8.95. The normalized spacial score (nSPS) is 11.5. The van der Waals surface area contributed by atoms with Crippen LogP contribution < -0.4 is 5.73 Å². The number of unbranched alkanes of at least 4 members (excludes halogenated alkanes) is 8. The topological polar surface area (TPSA) is 110 Å². The number of phosphoric ester groups is 1. The van der Waals surface area contributed by atoms with Gasteiger partial charge in [0.2, 0.25) is 0 Å². The molecule has 6 nitrogen and oxygen atoms in total. The van der Waals surface area contributed by atoms with Gasteiger partial charge in [0.25, 0.3) is 0 Å². The summed E-state index contributed by atoms with van der Waals surface area (Å²) in [7, 11) is -4.66. The minimum Gasteiger partial charge on any atom is -0.371 e. The molecule has 0 rings (SSSR count). The standard InChI is InChI=1S/C12H26NO5P/c13-11-9-7-5-3-1-2-4-6-8-10-12(14)18-19(15,16)17/h1-11,13H2,(H2,15,16,17). The second kappa shape index (κ2) is 11.4. The Balaban J connectivity index is 3.23.